The van der Waals surface area contributed by atoms with Crippen LogP contribution >= 0.6 is 0 Å². The number of benzene rings is 2. The van der Waals surface area contributed by atoms with Gasteiger partial charge in [-0.3, -0.25) is 0 Å². The van der Waals surface area contributed by atoms with E-state index < -0.39 is 0 Å². The maximum atomic E-state index is 3.34. The highest BCUT2D eigenvalue weighted by molar-refractivity contribution is 5.44. The fraction of sp³-hybridized carbons (Fsp3) is 0.543. The first-order valence-corrected chi connectivity index (χ1v) is 14.6. The molecule has 0 radical (unpaired) electrons. The first kappa shape index (κ1) is 27.3. The Bertz CT molecular complexity index is 895. The molecule has 0 aliphatic heterocycles. The lowest BCUT2D eigenvalue weighted by Crippen LogP contribution is -2.15. The van der Waals surface area contributed by atoms with Crippen LogP contribution in [0.5, 0.6) is 0 Å². The van der Waals surface area contributed by atoms with Crippen LogP contribution in [0.3, 0.4) is 0 Å². The Morgan fingerprint density at radius 2 is 1.17 bits per heavy atom. The normalized spacial score (nSPS) is 17.9. The molecule has 0 spiro atoms. The topological polar surface area (TPSA) is 0 Å². The van der Waals surface area contributed by atoms with Crippen LogP contribution in [-0.4, -0.2) is 0 Å². The minimum Gasteiger partial charge on any atom is -0.0917 e. The molecule has 0 heterocycles. The van der Waals surface area contributed by atoms with E-state index in [1.54, 1.807) is 0 Å². The number of hydrogen-bond donors (Lipinski definition) is 0. The summed E-state index contributed by atoms with van der Waals surface area (Å²) in [5, 5.41) is 0. The lowest BCUT2D eigenvalue weighted by Gasteiger charge is -2.28. The zero-order chi connectivity index (χ0) is 24.6. The second-order valence-corrected chi connectivity index (χ2v) is 10.7. The van der Waals surface area contributed by atoms with E-state index in [1.165, 1.54) is 94.6 Å². The second kappa shape index (κ2) is 16.4. The molecule has 0 heteroatoms. The van der Waals surface area contributed by atoms with E-state index in [0.29, 0.717) is 0 Å². The third-order valence-electron chi connectivity index (χ3n) is 7.87. The van der Waals surface area contributed by atoms with Gasteiger partial charge in [-0.25, -0.2) is 0 Å². The second-order valence-electron chi connectivity index (χ2n) is 10.7. The van der Waals surface area contributed by atoms with Crippen molar-refractivity contribution in [2.24, 2.45) is 11.8 Å². The largest absolute Gasteiger partial charge is 0.0917 e. The van der Waals surface area contributed by atoms with Crippen molar-refractivity contribution in [1.82, 2.24) is 0 Å². The van der Waals surface area contributed by atoms with Gasteiger partial charge in [0.2, 0.25) is 0 Å². The number of rotatable bonds is 13. The van der Waals surface area contributed by atoms with Crippen LogP contribution in [0.15, 0.2) is 60.7 Å². The first-order chi connectivity index (χ1) is 17.3. The van der Waals surface area contributed by atoms with Gasteiger partial charge in [0.15, 0.2) is 0 Å². The summed E-state index contributed by atoms with van der Waals surface area (Å²) in [5.41, 5.74) is 5.05. The molecule has 188 valence electrons. The standard InChI is InChI=1S/C35H48/c1-3-5-7-8-9-11-13-31-16-20-33(21-17-31)23-25-35-28-26-34(27-29-35)24-22-32-18-14-30(15-19-32)12-10-6-4-2/h4,6,14-15,18-19,26-29,31,33H,3,5,7-13,16-17,20-21,23,25H2,1-2H3/b6-4+. The summed E-state index contributed by atoms with van der Waals surface area (Å²) >= 11 is 0. The number of allylic oxidation sites excluding steroid dienone is 2. The molecule has 1 aliphatic rings. The van der Waals surface area contributed by atoms with Gasteiger partial charge in [0.1, 0.15) is 0 Å². The predicted octanol–water partition coefficient (Wildman–Crippen LogP) is 10.1. The Hall–Kier alpha value is -2.26. The number of unbranched alkanes of at least 4 members (excludes halogenated alkanes) is 5. The minimum atomic E-state index is 0.941. The monoisotopic (exact) mass is 468 g/mol. The van der Waals surface area contributed by atoms with E-state index in [-0.39, 0.29) is 0 Å². The molecule has 2 aromatic rings. The summed E-state index contributed by atoms with van der Waals surface area (Å²) in [5.74, 6) is 8.62. The lowest BCUT2D eigenvalue weighted by atomic mass is 9.77. The van der Waals surface area contributed by atoms with Gasteiger partial charge in [0.05, 0.1) is 0 Å². The van der Waals surface area contributed by atoms with Crippen LogP contribution in [0.25, 0.3) is 0 Å². The molecule has 0 bridgehead atoms. The van der Waals surface area contributed by atoms with Gasteiger partial charge in [-0.2, -0.15) is 0 Å². The van der Waals surface area contributed by atoms with Gasteiger partial charge >= 0.3 is 0 Å². The Kier molecular flexibility index (Phi) is 12.8. The zero-order valence-corrected chi connectivity index (χ0v) is 22.5. The Balaban J connectivity index is 1.33. The molecule has 0 N–H and O–H groups in total. The van der Waals surface area contributed by atoms with Crippen LogP contribution in [0.2, 0.25) is 0 Å². The molecule has 0 aromatic heterocycles. The fourth-order valence-electron chi connectivity index (χ4n) is 5.46. The summed E-state index contributed by atoms with van der Waals surface area (Å²) < 4.78 is 0. The Labute approximate surface area is 216 Å². The van der Waals surface area contributed by atoms with Crippen LogP contribution < -0.4 is 0 Å². The van der Waals surface area contributed by atoms with Crippen molar-refractivity contribution >= 4 is 0 Å². The summed E-state index contributed by atoms with van der Waals surface area (Å²) in [4.78, 5) is 0. The first-order valence-electron chi connectivity index (χ1n) is 14.6. The van der Waals surface area contributed by atoms with E-state index in [2.05, 4.69) is 86.4 Å². The van der Waals surface area contributed by atoms with Crippen LogP contribution in [-0.2, 0) is 12.8 Å². The highest BCUT2D eigenvalue weighted by atomic mass is 14.3. The zero-order valence-electron chi connectivity index (χ0n) is 22.5. The fourth-order valence-corrected chi connectivity index (χ4v) is 5.46. The van der Waals surface area contributed by atoms with E-state index in [1.807, 2.05) is 0 Å². The van der Waals surface area contributed by atoms with Gasteiger partial charge < -0.3 is 0 Å². The molecule has 0 saturated heterocycles. The predicted molar refractivity (Wildman–Crippen MR) is 154 cm³/mol. The Morgan fingerprint density at radius 3 is 1.74 bits per heavy atom. The summed E-state index contributed by atoms with van der Waals surface area (Å²) in [6, 6.07) is 17.7. The van der Waals surface area contributed by atoms with Crippen LogP contribution in [0.1, 0.15) is 120 Å². The molecule has 0 atom stereocenters. The summed E-state index contributed by atoms with van der Waals surface area (Å²) in [6.07, 6.45) is 25.1. The average molecular weight is 469 g/mol. The summed E-state index contributed by atoms with van der Waals surface area (Å²) in [7, 11) is 0. The Morgan fingerprint density at radius 1 is 0.657 bits per heavy atom. The van der Waals surface area contributed by atoms with E-state index in [4.69, 9.17) is 0 Å². The van der Waals surface area contributed by atoms with Gasteiger partial charge in [0.25, 0.3) is 0 Å². The van der Waals surface area contributed by atoms with Crippen LogP contribution in [0, 0.1) is 23.7 Å². The molecule has 0 nitrogen and oxygen atoms in total. The molecular formula is C35H48. The van der Waals surface area contributed by atoms with Crippen molar-refractivity contribution in [3.63, 3.8) is 0 Å². The van der Waals surface area contributed by atoms with Crippen molar-refractivity contribution in [2.45, 2.75) is 110 Å². The molecular weight excluding hydrogens is 420 g/mol. The quantitative estimate of drug-likeness (QED) is 0.156. The van der Waals surface area contributed by atoms with Crippen LogP contribution in [0.4, 0.5) is 0 Å². The lowest BCUT2D eigenvalue weighted by molar-refractivity contribution is 0.248. The molecule has 3 rings (SSSR count). The smallest absolute Gasteiger partial charge is 0.0249 e. The molecule has 1 fully saturated rings. The SMILES string of the molecule is C/C=C/CCc1ccc(C#Cc2ccc(CCC3CCC(CCCCCCCC)CC3)cc2)cc1. The maximum Gasteiger partial charge on any atom is 0.0249 e. The highest BCUT2D eigenvalue weighted by Gasteiger charge is 2.20. The van der Waals surface area contributed by atoms with Gasteiger partial charge in [-0.05, 0) is 79.8 Å². The third-order valence-corrected chi connectivity index (χ3v) is 7.87. The molecule has 2 aromatic carbocycles. The van der Waals surface area contributed by atoms with Gasteiger partial charge in [-0.1, -0.05) is 126 Å². The maximum absolute atomic E-state index is 3.34. The van der Waals surface area contributed by atoms with Crippen molar-refractivity contribution in [3.8, 4) is 11.8 Å². The molecule has 0 amide bonds. The van der Waals surface area contributed by atoms with Crippen molar-refractivity contribution in [2.75, 3.05) is 0 Å². The van der Waals surface area contributed by atoms with Gasteiger partial charge in [0, 0.05) is 11.1 Å². The van der Waals surface area contributed by atoms with Crippen molar-refractivity contribution in [1.29, 1.82) is 0 Å². The molecule has 35 heavy (non-hydrogen) atoms. The third kappa shape index (κ3) is 10.9. The van der Waals surface area contributed by atoms with E-state index in [0.717, 1.165) is 35.8 Å². The molecule has 1 aliphatic carbocycles. The highest BCUT2D eigenvalue weighted by Crippen LogP contribution is 2.34. The van der Waals surface area contributed by atoms with E-state index >= 15 is 0 Å². The van der Waals surface area contributed by atoms with Crippen molar-refractivity contribution < 1.29 is 0 Å². The van der Waals surface area contributed by atoms with Crippen molar-refractivity contribution in [3.05, 3.63) is 82.9 Å². The van der Waals surface area contributed by atoms with Gasteiger partial charge in [-0.15, -0.1) is 0 Å². The minimum absolute atomic E-state index is 0.941. The molecule has 1 saturated carbocycles. The molecule has 0 unspecified atom stereocenters. The average Bonchev–Trinajstić information content (AvgIpc) is 2.90. The van der Waals surface area contributed by atoms with E-state index in [9.17, 15) is 0 Å². The number of hydrogen-bond acceptors (Lipinski definition) is 0. The summed E-state index contributed by atoms with van der Waals surface area (Å²) in [6.45, 7) is 4.38. The number of aryl methyl sites for hydroxylation is 2.